The van der Waals surface area contributed by atoms with E-state index in [1.165, 1.54) is 5.56 Å². The van der Waals surface area contributed by atoms with Gasteiger partial charge in [-0.05, 0) is 86.3 Å². The highest BCUT2D eigenvalue weighted by atomic mass is 16.5. The molecule has 4 aromatic rings. The molecular formula is C26H25N3O3. The summed E-state index contributed by atoms with van der Waals surface area (Å²) in [5, 5.41) is 11.2. The fourth-order valence-corrected chi connectivity index (χ4v) is 3.39. The number of hydrogen-bond acceptors (Lipinski definition) is 5. The van der Waals surface area contributed by atoms with Gasteiger partial charge in [-0.15, -0.1) is 10.2 Å². The zero-order valence-corrected chi connectivity index (χ0v) is 18.6. The van der Waals surface area contributed by atoms with Crippen LogP contribution in [0.25, 0.3) is 22.9 Å². The minimum atomic E-state index is -0.227. The Bertz CT molecular complexity index is 1260. The van der Waals surface area contributed by atoms with E-state index in [4.69, 9.17) is 9.15 Å². The number of nitrogens with zero attached hydrogens (tertiary/aromatic N) is 2. The third kappa shape index (κ3) is 4.70. The number of ether oxygens (including phenoxy) is 1. The Hall–Kier alpha value is -3.93. The maximum atomic E-state index is 12.3. The molecule has 0 fully saturated rings. The summed E-state index contributed by atoms with van der Waals surface area (Å²) in [7, 11) is 0. The largest absolute Gasteiger partial charge is 0.483 e. The first-order valence-electron chi connectivity index (χ1n) is 10.4. The van der Waals surface area contributed by atoms with Crippen molar-refractivity contribution in [1.29, 1.82) is 0 Å². The zero-order valence-electron chi connectivity index (χ0n) is 18.6. The zero-order chi connectivity index (χ0) is 22.7. The highest BCUT2D eigenvalue weighted by Crippen LogP contribution is 2.27. The van der Waals surface area contributed by atoms with Crippen molar-refractivity contribution in [2.24, 2.45) is 0 Å². The highest BCUT2D eigenvalue weighted by Gasteiger charge is 2.13. The maximum absolute atomic E-state index is 12.3. The van der Waals surface area contributed by atoms with Crippen LogP contribution in [0.2, 0.25) is 0 Å². The van der Waals surface area contributed by atoms with Crippen LogP contribution in [-0.2, 0) is 4.79 Å². The van der Waals surface area contributed by atoms with Crippen LogP contribution in [0.5, 0.6) is 5.75 Å². The summed E-state index contributed by atoms with van der Waals surface area (Å²) >= 11 is 0. The summed E-state index contributed by atoms with van der Waals surface area (Å²) in [6.07, 6.45) is 0. The number of carbonyl (C=O) groups is 1. The number of aryl methyl sites for hydroxylation is 4. The molecule has 0 aliphatic heterocycles. The smallest absolute Gasteiger partial charge is 0.262 e. The summed E-state index contributed by atoms with van der Waals surface area (Å²) < 4.78 is 11.6. The molecule has 1 N–H and O–H groups in total. The van der Waals surface area contributed by atoms with Crippen molar-refractivity contribution in [3.05, 3.63) is 82.9 Å². The molecule has 6 heteroatoms. The number of nitrogens with one attached hydrogen (secondary N) is 1. The average molecular weight is 428 g/mol. The van der Waals surface area contributed by atoms with Gasteiger partial charge in [0.2, 0.25) is 11.8 Å². The fourth-order valence-electron chi connectivity index (χ4n) is 3.39. The van der Waals surface area contributed by atoms with Gasteiger partial charge in [0.05, 0.1) is 0 Å². The maximum Gasteiger partial charge on any atom is 0.262 e. The Labute approximate surface area is 187 Å². The van der Waals surface area contributed by atoms with Crippen molar-refractivity contribution in [2.75, 3.05) is 11.9 Å². The predicted molar refractivity (Wildman–Crippen MR) is 125 cm³/mol. The van der Waals surface area contributed by atoms with E-state index in [1.54, 1.807) is 12.1 Å². The van der Waals surface area contributed by atoms with Gasteiger partial charge < -0.3 is 14.5 Å². The van der Waals surface area contributed by atoms with E-state index in [9.17, 15) is 4.79 Å². The Morgan fingerprint density at radius 3 is 2.28 bits per heavy atom. The Morgan fingerprint density at radius 1 is 0.844 bits per heavy atom. The predicted octanol–water partition coefficient (Wildman–Crippen LogP) is 5.65. The minimum Gasteiger partial charge on any atom is -0.483 e. The van der Waals surface area contributed by atoms with Crippen LogP contribution >= 0.6 is 0 Å². The lowest BCUT2D eigenvalue weighted by Crippen LogP contribution is -2.20. The van der Waals surface area contributed by atoms with Crippen LogP contribution in [-0.4, -0.2) is 22.7 Å². The topological polar surface area (TPSA) is 77.2 Å². The standard InChI is InChI=1S/C26H25N3O3/c1-16-7-5-6-8-22(16)26-29-28-25(32-26)20-9-11-21(12-10-20)27-24(30)15-31-23-14-18(3)17(2)13-19(23)4/h5-14H,15H2,1-4H3,(H,27,30). The van der Waals surface area contributed by atoms with Crippen molar-refractivity contribution in [1.82, 2.24) is 10.2 Å². The first kappa shape index (κ1) is 21.3. The molecular weight excluding hydrogens is 402 g/mol. The van der Waals surface area contributed by atoms with Crippen LogP contribution in [0.15, 0.2) is 65.1 Å². The second-order valence-electron chi connectivity index (χ2n) is 7.84. The van der Waals surface area contributed by atoms with Crippen LogP contribution in [0, 0.1) is 27.7 Å². The molecule has 0 bridgehead atoms. The fraction of sp³-hybridized carbons (Fsp3) is 0.192. The van der Waals surface area contributed by atoms with Gasteiger partial charge in [-0.3, -0.25) is 4.79 Å². The van der Waals surface area contributed by atoms with E-state index < -0.39 is 0 Å². The Morgan fingerprint density at radius 2 is 1.53 bits per heavy atom. The third-order valence-corrected chi connectivity index (χ3v) is 5.37. The van der Waals surface area contributed by atoms with Gasteiger partial charge in [0.1, 0.15) is 5.75 Å². The van der Waals surface area contributed by atoms with Crippen molar-refractivity contribution in [3.8, 4) is 28.7 Å². The number of aromatic nitrogens is 2. The van der Waals surface area contributed by atoms with Crippen LogP contribution < -0.4 is 10.1 Å². The minimum absolute atomic E-state index is 0.0610. The Balaban J connectivity index is 1.38. The summed E-state index contributed by atoms with van der Waals surface area (Å²) in [6, 6.07) is 19.1. The number of carbonyl (C=O) groups excluding carboxylic acids is 1. The molecule has 1 aromatic heterocycles. The first-order valence-corrected chi connectivity index (χ1v) is 10.4. The quantitative estimate of drug-likeness (QED) is 0.430. The van der Waals surface area contributed by atoms with Crippen LogP contribution in [0.4, 0.5) is 5.69 Å². The summed E-state index contributed by atoms with van der Waals surface area (Å²) in [5.41, 5.74) is 6.76. The van der Waals surface area contributed by atoms with E-state index in [-0.39, 0.29) is 12.5 Å². The monoisotopic (exact) mass is 427 g/mol. The molecule has 0 saturated carbocycles. The first-order chi connectivity index (χ1) is 15.4. The number of anilines is 1. The van der Waals surface area contributed by atoms with Crippen molar-refractivity contribution in [3.63, 3.8) is 0 Å². The SMILES string of the molecule is Cc1cc(C)c(OCC(=O)Nc2ccc(-c3nnc(-c4ccccc4C)o3)cc2)cc1C. The van der Waals surface area contributed by atoms with E-state index in [0.29, 0.717) is 17.5 Å². The normalized spacial score (nSPS) is 10.8. The molecule has 0 atom stereocenters. The molecule has 0 aliphatic carbocycles. The lowest BCUT2D eigenvalue weighted by Gasteiger charge is -2.12. The van der Waals surface area contributed by atoms with Gasteiger partial charge >= 0.3 is 0 Å². The number of hydrogen-bond donors (Lipinski definition) is 1. The van der Waals surface area contributed by atoms with Crippen molar-refractivity contribution < 1.29 is 13.9 Å². The third-order valence-electron chi connectivity index (χ3n) is 5.37. The lowest BCUT2D eigenvalue weighted by molar-refractivity contribution is -0.118. The average Bonchev–Trinajstić information content (AvgIpc) is 3.26. The number of amides is 1. The van der Waals surface area contributed by atoms with Gasteiger partial charge in [-0.1, -0.05) is 24.3 Å². The second-order valence-corrected chi connectivity index (χ2v) is 7.84. The van der Waals surface area contributed by atoms with E-state index in [0.717, 1.165) is 33.6 Å². The van der Waals surface area contributed by atoms with Gasteiger partial charge in [0, 0.05) is 16.8 Å². The van der Waals surface area contributed by atoms with Crippen molar-refractivity contribution in [2.45, 2.75) is 27.7 Å². The summed E-state index contributed by atoms with van der Waals surface area (Å²) in [5.74, 6) is 1.40. The van der Waals surface area contributed by atoms with Gasteiger partial charge in [0.25, 0.3) is 5.91 Å². The molecule has 32 heavy (non-hydrogen) atoms. The molecule has 0 saturated heterocycles. The molecule has 4 rings (SSSR count). The van der Waals surface area contributed by atoms with Gasteiger partial charge in [0.15, 0.2) is 6.61 Å². The molecule has 0 spiro atoms. The second kappa shape index (κ2) is 9.06. The molecule has 1 amide bonds. The number of rotatable bonds is 6. The Kier molecular flexibility index (Phi) is 6.03. The highest BCUT2D eigenvalue weighted by molar-refractivity contribution is 5.92. The van der Waals surface area contributed by atoms with E-state index in [2.05, 4.69) is 28.5 Å². The molecule has 1 heterocycles. The molecule has 3 aromatic carbocycles. The van der Waals surface area contributed by atoms with Gasteiger partial charge in [-0.25, -0.2) is 0 Å². The van der Waals surface area contributed by atoms with Crippen LogP contribution in [0.1, 0.15) is 22.3 Å². The van der Waals surface area contributed by atoms with E-state index in [1.807, 2.05) is 63.2 Å². The van der Waals surface area contributed by atoms with Crippen LogP contribution in [0.3, 0.4) is 0 Å². The molecule has 6 nitrogen and oxygen atoms in total. The molecule has 162 valence electrons. The molecule has 0 aliphatic rings. The lowest BCUT2D eigenvalue weighted by atomic mass is 10.1. The number of benzene rings is 3. The summed E-state index contributed by atoms with van der Waals surface area (Å²) in [6.45, 7) is 7.99. The van der Waals surface area contributed by atoms with Gasteiger partial charge in [-0.2, -0.15) is 0 Å². The molecule has 0 unspecified atom stereocenters. The molecule has 0 radical (unpaired) electrons. The van der Waals surface area contributed by atoms with E-state index >= 15 is 0 Å². The summed E-state index contributed by atoms with van der Waals surface area (Å²) in [4.78, 5) is 12.3. The van der Waals surface area contributed by atoms with Crippen molar-refractivity contribution >= 4 is 11.6 Å².